The van der Waals surface area contributed by atoms with Crippen LogP contribution in [0.15, 0.2) is 42.6 Å². The summed E-state index contributed by atoms with van der Waals surface area (Å²) in [7, 11) is 0. The molecule has 1 fully saturated rings. The number of benzene rings is 1. The lowest BCUT2D eigenvalue weighted by atomic mass is 10.1. The molecule has 1 aliphatic carbocycles. The zero-order valence-electron chi connectivity index (χ0n) is 12.3. The molecular weight excluding hydrogens is 258 g/mol. The number of aromatic nitrogens is 1. The summed E-state index contributed by atoms with van der Waals surface area (Å²) in [6.07, 6.45) is 6.91. The quantitative estimate of drug-likeness (QED) is 0.926. The SMILES string of the molecule is c1ccc2c(c1)CCC2Nc1ccc(N2CCCC2)nc1. The van der Waals surface area contributed by atoms with Gasteiger partial charge < -0.3 is 10.2 Å². The second kappa shape index (κ2) is 5.40. The first-order chi connectivity index (χ1) is 10.4. The average molecular weight is 279 g/mol. The molecule has 108 valence electrons. The molecule has 1 aliphatic heterocycles. The maximum Gasteiger partial charge on any atom is 0.128 e. The van der Waals surface area contributed by atoms with Gasteiger partial charge in [0.1, 0.15) is 5.82 Å². The Morgan fingerprint density at radius 2 is 1.90 bits per heavy atom. The van der Waals surface area contributed by atoms with Gasteiger partial charge in [-0.05, 0) is 48.9 Å². The summed E-state index contributed by atoms with van der Waals surface area (Å²) < 4.78 is 0. The fraction of sp³-hybridized carbons (Fsp3) is 0.389. The molecular formula is C18H21N3. The molecule has 1 saturated heterocycles. The van der Waals surface area contributed by atoms with Crippen molar-refractivity contribution >= 4 is 11.5 Å². The van der Waals surface area contributed by atoms with E-state index in [4.69, 9.17) is 0 Å². The summed E-state index contributed by atoms with van der Waals surface area (Å²) in [6, 6.07) is 13.5. The van der Waals surface area contributed by atoms with Gasteiger partial charge in [-0.3, -0.25) is 0 Å². The van der Waals surface area contributed by atoms with Crippen molar-refractivity contribution in [3.63, 3.8) is 0 Å². The van der Waals surface area contributed by atoms with Crippen molar-refractivity contribution in [3.8, 4) is 0 Å². The summed E-state index contributed by atoms with van der Waals surface area (Å²) in [4.78, 5) is 6.99. The van der Waals surface area contributed by atoms with E-state index >= 15 is 0 Å². The van der Waals surface area contributed by atoms with Gasteiger partial charge in [0, 0.05) is 13.1 Å². The van der Waals surface area contributed by atoms with E-state index in [0.29, 0.717) is 6.04 Å². The second-order valence-electron chi connectivity index (χ2n) is 6.03. The van der Waals surface area contributed by atoms with Gasteiger partial charge in [-0.25, -0.2) is 4.98 Å². The summed E-state index contributed by atoms with van der Waals surface area (Å²) in [6.45, 7) is 2.30. The summed E-state index contributed by atoms with van der Waals surface area (Å²) in [5, 5.41) is 3.63. The Balaban J connectivity index is 1.48. The Morgan fingerprint density at radius 3 is 2.71 bits per heavy atom. The van der Waals surface area contributed by atoms with Gasteiger partial charge in [0.25, 0.3) is 0 Å². The monoisotopic (exact) mass is 279 g/mol. The molecule has 1 aromatic carbocycles. The molecule has 0 bridgehead atoms. The summed E-state index contributed by atoms with van der Waals surface area (Å²) in [5.74, 6) is 1.12. The van der Waals surface area contributed by atoms with E-state index in [9.17, 15) is 0 Å². The minimum atomic E-state index is 0.431. The minimum absolute atomic E-state index is 0.431. The van der Waals surface area contributed by atoms with Crippen molar-refractivity contribution in [2.75, 3.05) is 23.3 Å². The maximum atomic E-state index is 4.62. The molecule has 1 N–H and O–H groups in total. The van der Waals surface area contributed by atoms with Gasteiger partial charge >= 0.3 is 0 Å². The normalized spacial score (nSPS) is 20.6. The predicted molar refractivity (Wildman–Crippen MR) is 86.8 cm³/mol. The topological polar surface area (TPSA) is 28.2 Å². The van der Waals surface area contributed by atoms with Crippen LogP contribution in [-0.4, -0.2) is 18.1 Å². The van der Waals surface area contributed by atoms with E-state index in [-0.39, 0.29) is 0 Å². The lowest BCUT2D eigenvalue weighted by Gasteiger charge is -2.18. The maximum absolute atomic E-state index is 4.62. The summed E-state index contributed by atoms with van der Waals surface area (Å²) in [5.41, 5.74) is 4.05. The molecule has 21 heavy (non-hydrogen) atoms. The van der Waals surface area contributed by atoms with Crippen LogP contribution < -0.4 is 10.2 Å². The van der Waals surface area contributed by atoms with Gasteiger partial charge in [-0.15, -0.1) is 0 Å². The molecule has 1 atom stereocenters. The number of nitrogens with zero attached hydrogens (tertiary/aromatic N) is 2. The second-order valence-corrected chi connectivity index (χ2v) is 6.03. The van der Waals surface area contributed by atoms with E-state index in [1.54, 1.807) is 0 Å². The first-order valence-corrected chi connectivity index (χ1v) is 7.95. The van der Waals surface area contributed by atoms with E-state index in [0.717, 1.165) is 24.6 Å². The molecule has 0 spiro atoms. The predicted octanol–water partition coefficient (Wildman–Crippen LogP) is 3.78. The molecule has 1 aromatic heterocycles. The van der Waals surface area contributed by atoms with Crippen molar-refractivity contribution in [2.24, 2.45) is 0 Å². The third-order valence-corrected chi connectivity index (χ3v) is 4.65. The molecule has 0 radical (unpaired) electrons. The molecule has 0 amide bonds. The van der Waals surface area contributed by atoms with Gasteiger partial charge in [-0.2, -0.15) is 0 Å². The van der Waals surface area contributed by atoms with Gasteiger partial charge in [0.05, 0.1) is 17.9 Å². The van der Waals surface area contributed by atoms with Crippen molar-refractivity contribution in [2.45, 2.75) is 31.7 Å². The largest absolute Gasteiger partial charge is 0.377 e. The van der Waals surface area contributed by atoms with Crippen LogP contribution in [0.5, 0.6) is 0 Å². The molecule has 2 aromatic rings. The van der Waals surface area contributed by atoms with Crippen LogP contribution in [0.2, 0.25) is 0 Å². The van der Waals surface area contributed by atoms with Crippen LogP contribution in [0.4, 0.5) is 11.5 Å². The fourth-order valence-electron chi connectivity index (χ4n) is 3.51. The first-order valence-electron chi connectivity index (χ1n) is 7.95. The van der Waals surface area contributed by atoms with Crippen molar-refractivity contribution < 1.29 is 0 Å². The van der Waals surface area contributed by atoms with E-state index in [1.165, 1.54) is 36.8 Å². The van der Waals surface area contributed by atoms with Gasteiger partial charge in [-0.1, -0.05) is 24.3 Å². The van der Waals surface area contributed by atoms with Gasteiger partial charge in [0.2, 0.25) is 0 Å². The molecule has 2 heterocycles. The average Bonchev–Trinajstić information content (AvgIpc) is 3.19. The smallest absolute Gasteiger partial charge is 0.128 e. The van der Waals surface area contributed by atoms with Crippen LogP contribution in [0, 0.1) is 0 Å². The number of hydrogen-bond donors (Lipinski definition) is 1. The number of hydrogen-bond acceptors (Lipinski definition) is 3. The Morgan fingerprint density at radius 1 is 1.05 bits per heavy atom. The van der Waals surface area contributed by atoms with E-state index < -0.39 is 0 Å². The number of fused-ring (bicyclic) bond motifs is 1. The van der Waals surface area contributed by atoms with Crippen molar-refractivity contribution in [1.82, 2.24) is 4.98 Å². The lowest BCUT2D eigenvalue weighted by molar-refractivity contribution is 0.761. The third-order valence-electron chi connectivity index (χ3n) is 4.65. The first kappa shape index (κ1) is 12.7. The van der Waals surface area contributed by atoms with E-state index in [1.807, 2.05) is 6.20 Å². The molecule has 2 aliphatic rings. The Hall–Kier alpha value is -2.03. The number of rotatable bonds is 3. The highest BCUT2D eigenvalue weighted by Crippen LogP contribution is 2.33. The number of nitrogens with one attached hydrogen (secondary N) is 1. The van der Waals surface area contributed by atoms with Crippen LogP contribution >= 0.6 is 0 Å². The Labute approximate surface area is 126 Å². The molecule has 1 unspecified atom stereocenters. The fourth-order valence-corrected chi connectivity index (χ4v) is 3.51. The standard InChI is InChI=1S/C18H21N3/c1-2-6-16-14(5-1)7-9-17(16)20-15-8-10-18(19-13-15)21-11-3-4-12-21/h1-2,5-6,8,10,13,17,20H,3-4,7,9,11-12H2. The van der Waals surface area contributed by atoms with Crippen LogP contribution in [0.3, 0.4) is 0 Å². The van der Waals surface area contributed by atoms with Crippen LogP contribution in [0.25, 0.3) is 0 Å². The zero-order valence-corrected chi connectivity index (χ0v) is 12.3. The van der Waals surface area contributed by atoms with Crippen molar-refractivity contribution in [3.05, 3.63) is 53.7 Å². The lowest BCUT2D eigenvalue weighted by Crippen LogP contribution is -2.18. The van der Waals surface area contributed by atoms with Crippen LogP contribution in [0.1, 0.15) is 36.4 Å². The number of anilines is 2. The van der Waals surface area contributed by atoms with Gasteiger partial charge in [0.15, 0.2) is 0 Å². The number of pyridine rings is 1. The highest BCUT2D eigenvalue weighted by molar-refractivity contribution is 5.51. The Bertz CT molecular complexity index is 615. The van der Waals surface area contributed by atoms with Crippen LogP contribution in [-0.2, 0) is 6.42 Å². The summed E-state index contributed by atoms with van der Waals surface area (Å²) >= 11 is 0. The molecule has 4 rings (SSSR count). The zero-order chi connectivity index (χ0) is 14.1. The minimum Gasteiger partial charge on any atom is -0.377 e. The molecule has 0 saturated carbocycles. The van der Waals surface area contributed by atoms with E-state index in [2.05, 4.69) is 51.6 Å². The molecule has 3 heteroatoms. The molecule has 3 nitrogen and oxygen atoms in total. The number of aryl methyl sites for hydroxylation is 1. The highest BCUT2D eigenvalue weighted by atomic mass is 15.2. The third kappa shape index (κ3) is 2.48. The Kier molecular flexibility index (Phi) is 3.26. The highest BCUT2D eigenvalue weighted by Gasteiger charge is 2.21. The van der Waals surface area contributed by atoms with Crippen molar-refractivity contribution in [1.29, 1.82) is 0 Å².